The molecule has 0 amide bonds. The summed E-state index contributed by atoms with van der Waals surface area (Å²) >= 11 is 3.73. The zero-order chi connectivity index (χ0) is 13.7. The lowest BCUT2D eigenvalue weighted by molar-refractivity contribution is 0.243. The zero-order valence-electron chi connectivity index (χ0n) is 12.2. The summed E-state index contributed by atoms with van der Waals surface area (Å²) in [6.07, 6.45) is 5.52. The molecule has 2 nitrogen and oxygen atoms in total. The molecule has 4 heteroatoms. The first kappa shape index (κ1) is 15.2. The molecule has 106 valence electrons. The number of nitrogens with zero attached hydrogens (tertiary/aromatic N) is 1. The lowest BCUT2D eigenvalue weighted by Gasteiger charge is -2.27. The van der Waals surface area contributed by atoms with Crippen molar-refractivity contribution in [1.82, 2.24) is 10.2 Å². The molecule has 19 heavy (non-hydrogen) atoms. The van der Waals surface area contributed by atoms with Crippen LogP contribution in [0.1, 0.15) is 11.1 Å². The summed E-state index contributed by atoms with van der Waals surface area (Å²) < 4.78 is 0. The lowest BCUT2D eigenvalue weighted by Crippen LogP contribution is -2.44. The smallest absolute Gasteiger partial charge is 0.0108 e. The van der Waals surface area contributed by atoms with E-state index >= 15 is 0 Å². The second-order valence-corrected chi connectivity index (χ2v) is 6.67. The molecular formula is C15H24N2S2. The number of benzene rings is 1. The van der Waals surface area contributed by atoms with Crippen LogP contribution in [0.2, 0.25) is 0 Å². The average Bonchev–Trinajstić information content (AvgIpc) is 2.46. The van der Waals surface area contributed by atoms with Crippen LogP contribution < -0.4 is 5.32 Å². The van der Waals surface area contributed by atoms with Gasteiger partial charge in [-0.2, -0.15) is 0 Å². The van der Waals surface area contributed by atoms with Crippen LogP contribution in [0.3, 0.4) is 0 Å². The van der Waals surface area contributed by atoms with Crippen molar-refractivity contribution in [3.05, 3.63) is 23.3 Å². The van der Waals surface area contributed by atoms with Gasteiger partial charge < -0.3 is 10.2 Å². The molecule has 0 radical (unpaired) electrons. The first-order chi connectivity index (χ1) is 9.24. The van der Waals surface area contributed by atoms with Gasteiger partial charge in [-0.25, -0.2) is 0 Å². The molecule has 0 aromatic heterocycles. The van der Waals surface area contributed by atoms with Crippen LogP contribution in [0.4, 0.5) is 0 Å². The Morgan fingerprint density at radius 2 is 1.79 bits per heavy atom. The highest BCUT2D eigenvalue weighted by Crippen LogP contribution is 2.29. The van der Waals surface area contributed by atoms with Crippen LogP contribution in [0.15, 0.2) is 21.9 Å². The summed E-state index contributed by atoms with van der Waals surface area (Å²) in [7, 11) is 0. The van der Waals surface area contributed by atoms with Crippen LogP contribution >= 0.6 is 23.5 Å². The highest BCUT2D eigenvalue weighted by Gasteiger charge is 2.11. The predicted octanol–water partition coefficient (Wildman–Crippen LogP) is 2.89. The highest BCUT2D eigenvalue weighted by atomic mass is 32.2. The van der Waals surface area contributed by atoms with Crippen LogP contribution in [-0.2, 0) is 6.42 Å². The SMILES string of the molecule is CSc1cc(CCN2CCNCC2)c(SC)cc1C. The normalized spacial score (nSPS) is 16.8. The molecule has 1 saturated heterocycles. The Labute approximate surface area is 125 Å². The predicted molar refractivity (Wildman–Crippen MR) is 87.8 cm³/mol. The highest BCUT2D eigenvalue weighted by molar-refractivity contribution is 7.99. The zero-order valence-corrected chi connectivity index (χ0v) is 13.8. The van der Waals surface area contributed by atoms with Gasteiger partial charge in [0.25, 0.3) is 0 Å². The first-order valence-electron chi connectivity index (χ1n) is 6.89. The summed E-state index contributed by atoms with van der Waals surface area (Å²) in [6.45, 7) is 8.06. The molecule has 0 aliphatic carbocycles. The molecule has 1 aliphatic heterocycles. The maximum atomic E-state index is 3.41. The fraction of sp³-hybridized carbons (Fsp3) is 0.600. The van der Waals surface area contributed by atoms with E-state index in [2.05, 4.69) is 41.8 Å². The van der Waals surface area contributed by atoms with E-state index in [1.54, 1.807) is 0 Å². The largest absolute Gasteiger partial charge is 0.314 e. The minimum atomic E-state index is 1.14. The van der Waals surface area contributed by atoms with Gasteiger partial charge in [0, 0.05) is 42.5 Å². The molecule has 0 bridgehead atoms. The molecule has 1 heterocycles. The third-order valence-electron chi connectivity index (χ3n) is 3.70. The van der Waals surface area contributed by atoms with Gasteiger partial charge in [0.15, 0.2) is 0 Å². The van der Waals surface area contributed by atoms with Gasteiger partial charge >= 0.3 is 0 Å². The van der Waals surface area contributed by atoms with E-state index in [1.165, 1.54) is 47.0 Å². The number of hydrogen-bond donors (Lipinski definition) is 1. The van der Waals surface area contributed by atoms with Crippen molar-refractivity contribution in [1.29, 1.82) is 0 Å². The van der Waals surface area contributed by atoms with Crippen molar-refractivity contribution in [2.75, 3.05) is 45.2 Å². The maximum absolute atomic E-state index is 3.41. The van der Waals surface area contributed by atoms with Gasteiger partial charge in [-0.15, -0.1) is 23.5 Å². The summed E-state index contributed by atoms with van der Waals surface area (Å²) in [4.78, 5) is 5.44. The van der Waals surface area contributed by atoms with Crippen molar-refractivity contribution < 1.29 is 0 Å². The summed E-state index contributed by atoms with van der Waals surface area (Å²) in [5.41, 5.74) is 2.92. The van der Waals surface area contributed by atoms with Gasteiger partial charge in [0.1, 0.15) is 0 Å². The topological polar surface area (TPSA) is 15.3 Å². The number of aryl methyl sites for hydroxylation is 1. The molecular weight excluding hydrogens is 272 g/mol. The quantitative estimate of drug-likeness (QED) is 0.840. The molecule has 0 saturated carbocycles. The van der Waals surface area contributed by atoms with E-state index in [9.17, 15) is 0 Å². The third kappa shape index (κ3) is 4.15. The molecule has 1 aromatic rings. The summed E-state index contributed by atoms with van der Waals surface area (Å²) in [6, 6.07) is 4.75. The van der Waals surface area contributed by atoms with E-state index in [1.807, 2.05) is 23.5 Å². The van der Waals surface area contributed by atoms with Gasteiger partial charge in [0.05, 0.1) is 0 Å². The van der Waals surface area contributed by atoms with Crippen molar-refractivity contribution >= 4 is 23.5 Å². The monoisotopic (exact) mass is 296 g/mol. The summed E-state index contributed by atoms with van der Waals surface area (Å²) in [5.74, 6) is 0. The van der Waals surface area contributed by atoms with E-state index < -0.39 is 0 Å². The van der Waals surface area contributed by atoms with Gasteiger partial charge in [0.2, 0.25) is 0 Å². The number of rotatable bonds is 5. The van der Waals surface area contributed by atoms with Crippen molar-refractivity contribution in [2.24, 2.45) is 0 Å². The van der Waals surface area contributed by atoms with E-state index in [-0.39, 0.29) is 0 Å². The van der Waals surface area contributed by atoms with Crippen LogP contribution in [0.25, 0.3) is 0 Å². The average molecular weight is 297 g/mol. The molecule has 0 spiro atoms. The Balaban J connectivity index is 2.05. The van der Waals surface area contributed by atoms with Crippen molar-refractivity contribution in [2.45, 2.75) is 23.1 Å². The Morgan fingerprint density at radius 1 is 1.11 bits per heavy atom. The second kappa shape index (κ2) is 7.58. The fourth-order valence-corrected chi connectivity index (χ4v) is 3.88. The molecule has 1 aromatic carbocycles. The van der Waals surface area contributed by atoms with Crippen LogP contribution in [-0.4, -0.2) is 50.1 Å². The van der Waals surface area contributed by atoms with E-state index in [0.717, 1.165) is 13.1 Å². The van der Waals surface area contributed by atoms with Gasteiger partial charge in [-0.1, -0.05) is 0 Å². The van der Waals surface area contributed by atoms with Gasteiger partial charge in [-0.3, -0.25) is 0 Å². The minimum absolute atomic E-state index is 1.14. The second-order valence-electron chi connectivity index (χ2n) is 4.98. The molecule has 0 unspecified atom stereocenters. The molecule has 2 rings (SSSR count). The lowest BCUT2D eigenvalue weighted by atomic mass is 10.1. The minimum Gasteiger partial charge on any atom is -0.314 e. The fourth-order valence-electron chi connectivity index (χ4n) is 2.52. The number of nitrogens with one attached hydrogen (secondary N) is 1. The maximum Gasteiger partial charge on any atom is 0.0108 e. The van der Waals surface area contributed by atoms with E-state index in [4.69, 9.17) is 0 Å². The number of thioether (sulfide) groups is 2. The van der Waals surface area contributed by atoms with Crippen molar-refractivity contribution in [3.8, 4) is 0 Å². The van der Waals surface area contributed by atoms with E-state index in [0.29, 0.717) is 0 Å². The molecule has 1 fully saturated rings. The Kier molecular flexibility index (Phi) is 6.07. The standard InChI is InChI=1S/C15H24N2S2/c1-12-10-15(19-3)13(11-14(12)18-2)4-7-17-8-5-16-6-9-17/h10-11,16H,4-9H2,1-3H3. The van der Waals surface area contributed by atoms with Crippen LogP contribution in [0.5, 0.6) is 0 Å². The molecule has 0 atom stereocenters. The van der Waals surface area contributed by atoms with Crippen molar-refractivity contribution in [3.63, 3.8) is 0 Å². The summed E-state index contributed by atoms with van der Waals surface area (Å²) in [5, 5.41) is 3.41. The number of hydrogen-bond acceptors (Lipinski definition) is 4. The Bertz CT molecular complexity index is 415. The Hall–Kier alpha value is -0.160. The molecule has 1 N–H and O–H groups in total. The van der Waals surface area contributed by atoms with Gasteiger partial charge in [-0.05, 0) is 49.1 Å². The number of piperazine rings is 1. The first-order valence-corrected chi connectivity index (χ1v) is 9.34. The van der Waals surface area contributed by atoms with Crippen LogP contribution in [0, 0.1) is 6.92 Å². The molecule has 1 aliphatic rings. The third-order valence-corrected chi connectivity index (χ3v) is 5.40. The Morgan fingerprint density at radius 3 is 2.42 bits per heavy atom.